The van der Waals surface area contributed by atoms with Crippen molar-refractivity contribution >= 4 is 17.6 Å². The Balaban J connectivity index is 2.20. The van der Waals surface area contributed by atoms with Gasteiger partial charge in [0, 0.05) is 25.2 Å². The molecule has 96 valence electrons. The molecule has 1 aromatic carbocycles. The van der Waals surface area contributed by atoms with Gasteiger partial charge in [0.1, 0.15) is 0 Å². The minimum Gasteiger partial charge on any atom is -0.478 e. The lowest BCUT2D eigenvalue weighted by Gasteiger charge is -2.21. The molecule has 0 aromatic heterocycles. The van der Waals surface area contributed by atoms with Crippen molar-refractivity contribution < 1.29 is 14.7 Å². The molecular weight excluding hydrogens is 232 g/mol. The molecule has 0 unspecified atom stereocenters. The Morgan fingerprint density at radius 3 is 2.61 bits per heavy atom. The number of carbonyl (C=O) groups excluding carboxylic acids is 1. The summed E-state index contributed by atoms with van der Waals surface area (Å²) in [4.78, 5) is 24.3. The number of hydrogen-bond donors (Lipinski definition) is 2. The lowest BCUT2D eigenvalue weighted by molar-refractivity contribution is -0.130. The van der Waals surface area contributed by atoms with Crippen molar-refractivity contribution in [3.8, 4) is 0 Å². The molecule has 0 bridgehead atoms. The van der Waals surface area contributed by atoms with Crippen molar-refractivity contribution in [1.82, 2.24) is 4.90 Å². The van der Waals surface area contributed by atoms with Gasteiger partial charge < -0.3 is 15.7 Å². The third-order valence-corrected chi connectivity index (χ3v) is 3.09. The Labute approximate surface area is 105 Å². The van der Waals surface area contributed by atoms with Crippen LogP contribution >= 0.6 is 0 Å². The van der Waals surface area contributed by atoms with Gasteiger partial charge in [-0.3, -0.25) is 4.79 Å². The van der Waals surface area contributed by atoms with E-state index in [-0.39, 0.29) is 17.2 Å². The highest BCUT2D eigenvalue weighted by Gasteiger charge is 2.30. The van der Waals surface area contributed by atoms with Crippen LogP contribution in [0.3, 0.4) is 0 Å². The SMILES string of the molecule is CC(=O)N(Cc1ccc(N)c(C(=O)O)c1)C1CC1. The molecular formula is C13H16N2O3. The zero-order chi connectivity index (χ0) is 13.3. The quantitative estimate of drug-likeness (QED) is 0.790. The monoisotopic (exact) mass is 248 g/mol. The molecule has 3 N–H and O–H groups in total. The summed E-state index contributed by atoms with van der Waals surface area (Å²) < 4.78 is 0. The highest BCUT2D eigenvalue weighted by atomic mass is 16.4. The summed E-state index contributed by atoms with van der Waals surface area (Å²) in [6, 6.07) is 5.19. The summed E-state index contributed by atoms with van der Waals surface area (Å²) in [7, 11) is 0. The summed E-state index contributed by atoms with van der Waals surface area (Å²) >= 11 is 0. The minimum absolute atomic E-state index is 0.0196. The molecule has 0 atom stereocenters. The van der Waals surface area contributed by atoms with Crippen molar-refractivity contribution in [2.24, 2.45) is 0 Å². The van der Waals surface area contributed by atoms with E-state index in [0.717, 1.165) is 18.4 Å². The Kier molecular flexibility index (Phi) is 3.23. The number of carbonyl (C=O) groups is 2. The van der Waals surface area contributed by atoms with Crippen LogP contribution in [0.25, 0.3) is 0 Å². The van der Waals surface area contributed by atoms with Crippen LogP contribution in [-0.2, 0) is 11.3 Å². The van der Waals surface area contributed by atoms with Gasteiger partial charge in [-0.1, -0.05) is 6.07 Å². The first-order valence-corrected chi connectivity index (χ1v) is 5.88. The maximum Gasteiger partial charge on any atom is 0.337 e. The summed E-state index contributed by atoms with van der Waals surface area (Å²) in [5.74, 6) is -1.03. The molecule has 0 heterocycles. The Bertz CT molecular complexity index is 495. The number of anilines is 1. The summed E-state index contributed by atoms with van der Waals surface area (Å²) in [6.45, 7) is 1.98. The number of aromatic carboxylic acids is 1. The van der Waals surface area contributed by atoms with Crippen LogP contribution in [0.4, 0.5) is 5.69 Å². The first kappa shape index (κ1) is 12.4. The molecule has 0 spiro atoms. The van der Waals surface area contributed by atoms with Crippen molar-refractivity contribution in [3.05, 3.63) is 29.3 Å². The van der Waals surface area contributed by atoms with Gasteiger partial charge in [0.2, 0.25) is 5.91 Å². The number of carboxylic acid groups (broad SMARTS) is 1. The van der Waals surface area contributed by atoms with E-state index in [1.54, 1.807) is 17.0 Å². The molecule has 1 aliphatic rings. The Morgan fingerprint density at radius 2 is 2.11 bits per heavy atom. The van der Waals surface area contributed by atoms with E-state index in [2.05, 4.69) is 0 Å². The van der Waals surface area contributed by atoms with Gasteiger partial charge in [-0.15, -0.1) is 0 Å². The Hall–Kier alpha value is -2.04. The average Bonchev–Trinajstić information content (AvgIpc) is 3.11. The van der Waals surface area contributed by atoms with E-state index >= 15 is 0 Å². The highest BCUT2D eigenvalue weighted by Crippen LogP contribution is 2.28. The standard InChI is InChI=1S/C13H16N2O3/c1-8(16)15(10-3-4-10)7-9-2-5-12(14)11(6-9)13(17)18/h2,5-6,10H,3-4,7,14H2,1H3,(H,17,18). The second kappa shape index (κ2) is 4.68. The van der Waals surface area contributed by atoms with E-state index < -0.39 is 5.97 Å². The number of hydrogen-bond acceptors (Lipinski definition) is 3. The molecule has 0 aliphatic heterocycles. The van der Waals surface area contributed by atoms with E-state index in [1.165, 1.54) is 13.0 Å². The zero-order valence-corrected chi connectivity index (χ0v) is 10.2. The fourth-order valence-corrected chi connectivity index (χ4v) is 1.97. The van der Waals surface area contributed by atoms with Gasteiger partial charge in [-0.25, -0.2) is 4.79 Å². The molecule has 1 fully saturated rings. The highest BCUT2D eigenvalue weighted by molar-refractivity contribution is 5.93. The molecule has 1 aromatic rings. The average molecular weight is 248 g/mol. The molecule has 1 amide bonds. The number of carboxylic acids is 1. The van der Waals surface area contributed by atoms with Crippen molar-refractivity contribution in [1.29, 1.82) is 0 Å². The van der Waals surface area contributed by atoms with Gasteiger partial charge in [0.15, 0.2) is 0 Å². The first-order chi connectivity index (χ1) is 8.49. The van der Waals surface area contributed by atoms with E-state index in [0.29, 0.717) is 12.6 Å². The van der Waals surface area contributed by atoms with Crippen LogP contribution < -0.4 is 5.73 Å². The van der Waals surface area contributed by atoms with Gasteiger partial charge in [-0.05, 0) is 30.5 Å². The topological polar surface area (TPSA) is 83.6 Å². The fourth-order valence-electron chi connectivity index (χ4n) is 1.97. The minimum atomic E-state index is -1.05. The van der Waals surface area contributed by atoms with Gasteiger partial charge >= 0.3 is 5.97 Å². The molecule has 0 saturated heterocycles. The van der Waals surface area contributed by atoms with E-state index in [9.17, 15) is 9.59 Å². The third-order valence-electron chi connectivity index (χ3n) is 3.09. The normalized spacial score (nSPS) is 14.3. The number of rotatable bonds is 4. The third kappa shape index (κ3) is 2.61. The number of nitrogens with zero attached hydrogens (tertiary/aromatic N) is 1. The van der Waals surface area contributed by atoms with Crippen molar-refractivity contribution in [2.75, 3.05) is 5.73 Å². The van der Waals surface area contributed by atoms with Gasteiger partial charge in [-0.2, -0.15) is 0 Å². The number of nitrogens with two attached hydrogens (primary N) is 1. The van der Waals surface area contributed by atoms with E-state index in [1.807, 2.05) is 0 Å². The maximum absolute atomic E-state index is 11.5. The smallest absolute Gasteiger partial charge is 0.337 e. The zero-order valence-electron chi connectivity index (χ0n) is 10.2. The Morgan fingerprint density at radius 1 is 1.44 bits per heavy atom. The maximum atomic E-state index is 11.5. The molecule has 1 saturated carbocycles. The molecule has 2 rings (SSSR count). The molecule has 18 heavy (non-hydrogen) atoms. The van der Waals surface area contributed by atoms with Crippen LogP contribution in [0.2, 0.25) is 0 Å². The number of benzene rings is 1. The van der Waals surface area contributed by atoms with Crippen molar-refractivity contribution in [2.45, 2.75) is 32.4 Å². The van der Waals surface area contributed by atoms with Crippen LogP contribution in [-0.4, -0.2) is 27.9 Å². The van der Waals surface area contributed by atoms with Gasteiger partial charge in [0.05, 0.1) is 5.56 Å². The lowest BCUT2D eigenvalue weighted by Crippen LogP contribution is -2.30. The predicted molar refractivity (Wildman–Crippen MR) is 67.1 cm³/mol. The molecule has 0 radical (unpaired) electrons. The molecule has 5 heteroatoms. The number of nitrogen functional groups attached to an aromatic ring is 1. The molecule has 5 nitrogen and oxygen atoms in total. The van der Waals surface area contributed by atoms with Crippen LogP contribution in [0.5, 0.6) is 0 Å². The predicted octanol–water partition coefficient (Wildman–Crippen LogP) is 1.48. The van der Waals surface area contributed by atoms with Crippen LogP contribution in [0, 0.1) is 0 Å². The fraction of sp³-hybridized carbons (Fsp3) is 0.385. The molecule has 1 aliphatic carbocycles. The van der Waals surface area contributed by atoms with Crippen LogP contribution in [0.1, 0.15) is 35.7 Å². The van der Waals surface area contributed by atoms with E-state index in [4.69, 9.17) is 10.8 Å². The summed E-state index contributed by atoms with van der Waals surface area (Å²) in [5, 5.41) is 8.99. The number of amides is 1. The first-order valence-electron chi connectivity index (χ1n) is 5.88. The lowest BCUT2D eigenvalue weighted by atomic mass is 10.1. The van der Waals surface area contributed by atoms with Gasteiger partial charge in [0.25, 0.3) is 0 Å². The van der Waals surface area contributed by atoms with Crippen molar-refractivity contribution in [3.63, 3.8) is 0 Å². The second-order valence-electron chi connectivity index (χ2n) is 4.60. The summed E-state index contributed by atoms with van der Waals surface area (Å²) in [5.41, 5.74) is 6.72. The second-order valence-corrected chi connectivity index (χ2v) is 4.60. The van der Waals surface area contributed by atoms with Crippen LogP contribution in [0.15, 0.2) is 18.2 Å². The largest absolute Gasteiger partial charge is 0.478 e. The summed E-state index contributed by atoms with van der Waals surface area (Å²) in [6.07, 6.45) is 2.06.